The molecule has 0 radical (unpaired) electrons. The summed E-state index contributed by atoms with van der Waals surface area (Å²) in [5, 5.41) is 2.94. The molecule has 1 aromatic rings. The van der Waals surface area contributed by atoms with Crippen LogP contribution in [0.25, 0.3) is 0 Å². The second-order valence-electron chi connectivity index (χ2n) is 6.20. The average Bonchev–Trinajstić information content (AvgIpc) is 2.98. The van der Waals surface area contributed by atoms with Crippen LogP contribution in [0.5, 0.6) is 6.01 Å². The highest BCUT2D eigenvalue weighted by atomic mass is 32.1. The Morgan fingerprint density at radius 2 is 1.92 bits per heavy atom. The third kappa shape index (κ3) is 6.05. The summed E-state index contributed by atoms with van der Waals surface area (Å²) in [6.07, 6.45) is 0.547. The second-order valence-corrected chi connectivity index (χ2v) is 6.95. The van der Waals surface area contributed by atoms with Crippen LogP contribution in [-0.4, -0.2) is 40.1 Å². The highest BCUT2D eigenvalue weighted by molar-refractivity contribution is 7.10. The minimum absolute atomic E-state index is 0.160. The third-order valence-corrected chi connectivity index (χ3v) is 4.50. The van der Waals surface area contributed by atoms with Gasteiger partial charge in [0.05, 0.1) is 13.2 Å². The van der Waals surface area contributed by atoms with Crippen LogP contribution < -0.4 is 21.5 Å². The molecule has 0 spiro atoms. The van der Waals surface area contributed by atoms with Crippen molar-refractivity contribution in [2.45, 2.75) is 39.7 Å². The number of carbonyl (C=O) groups excluding carboxylic acids is 3. The van der Waals surface area contributed by atoms with E-state index in [0.29, 0.717) is 11.6 Å². The molecule has 9 nitrogen and oxygen atoms in total. The van der Waals surface area contributed by atoms with Gasteiger partial charge in [-0.1, -0.05) is 20.8 Å². The topological polar surface area (TPSA) is 150 Å². The first kappa shape index (κ1) is 21.0. The van der Waals surface area contributed by atoms with Gasteiger partial charge >= 0.3 is 6.01 Å². The van der Waals surface area contributed by atoms with E-state index in [4.69, 9.17) is 16.2 Å². The third-order valence-electron chi connectivity index (χ3n) is 3.88. The van der Waals surface area contributed by atoms with E-state index in [1.165, 1.54) is 7.11 Å². The lowest BCUT2D eigenvalue weighted by Gasteiger charge is -2.24. The van der Waals surface area contributed by atoms with Crippen molar-refractivity contribution in [1.82, 2.24) is 9.36 Å². The molecular weight excluding hydrogens is 346 g/mol. The van der Waals surface area contributed by atoms with Crippen LogP contribution in [0.15, 0.2) is 0 Å². The fraction of sp³-hybridized carbons (Fsp3) is 0.667. The van der Waals surface area contributed by atoms with Crippen molar-refractivity contribution in [2.75, 3.05) is 12.4 Å². The zero-order valence-electron chi connectivity index (χ0n) is 14.8. The van der Waals surface area contributed by atoms with Crippen LogP contribution in [0, 0.1) is 17.8 Å². The lowest BCUT2D eigenvalue weighted by molar-refractivity contribution is -0.135. The van der Waals surface area contributed by atoms with Crippen molar-refractivity contribution in [3.63, 3.8) is 0 Å². The summed E-state index contributed by atoms with van der Waals surface area (Å²) in [5.41, 5.74) is 11.3. The molecule has 5 N–H and O–H groups in total. The number of nitrogens with zero attached hydrogens (tertiary/aromatic N) is 2. The van der Waals surface area contributed by atoms with Crippen molar-refractivity contribution in [1.29, 1.82) is 0 Å². The van der Waals surface area contributed by atoms with Gasteiger partial charge in [-0.15, -0.1) is 4.37 Å². The summed E-state index contributed by atoms with van der Waals surface area (Å²) in [4.78, 5) is 39.7. The lowest BCUT2D eigenvalue weighted by Crippen LogP contribution is -2.46. The van der Waals surface area contributed by atoms with E-state index in [1.807, 2.05) is 0 Å². The number of ether oxygens (including phenoxy) is 1. The summed E-state index contributed by atoms with van der Waals surface area (Å²) < 4.78 is 8.71. The Bertz CT molecular complexity index is 619. The minimum Gasteiger partial charge on any atom is -0.466 e. The zero-order valence-corrected chi connectivity index (χ0v) is 15.6. The number of primary amides is 1. The molecule has 140 valence electrons. The van der Waals surface area contributed by atoms with Gasteiger partial charge in [0.25, 0.3) is 0 Å². The number of ketones is 1. The van der Waals surface area contributed by atoms with E-state index in [-0.39, 0.29) is 36.0 Å². The fourth-order valence-corrected chi connectivity index (χ4v) is 2.91. The predicted octanol–water partition coefficient (Wildman–Crippen LogP) is 0.555. The smallest absolute Gasteiger partial charge is 0.329 e. The van der Waals surface area contributed by atoms with Gasteiger partial charge in [-0.3, -0.25) is 14.4 Å². The fourth-order valence-electron chi connectivity index (χ4n) is 2.35. The Kier molecular flexibility index (Phi) is 7.91. The van der Waals surface area contributed by atoms with Crippen LogP contribution in [0.1, 0.15) is 33.6 Å². The first-order valence-corrected chi connectivity index (χ1v) is 8.70. The second kappa shape index (κ2) is 9.42. The highest BCUT2D eigenvalue weighted by Crippen LogP contribution is 2.20. The number of nitrogens with two attached hydrogens (primary N) is 2. The number of anilines is 1. The standard InChI is InChI=1S/C15H25N5O4S/c1-7(2)10(13(17)23)12(22)11(16)8(3)5-6-9(21)18-15-19-14(24-4)20-25-15/h7-8,10-11H,5-6,16H2,1-4H3,(H2,17,23)(H,18,19,20,21)/t8-,10?,11-/m0/s1. The Morgan fingerprint density at radius 3 is 2.40 bits per heavy atom. The van der Waals surface area contributed by atoms with E-state index >= 15 is 0 Å². The number of Topliss-reactive ketones (excluding diaryl/α,β-unsaturated/α-hetero) is 1. The molecule has 0 aliphatic rings. The molecular formula is C15H25N5O4S. The normalized spacial score (nSPS) is 14.6. The van der Waals surface area contributed by atoms with Gasteiger partial charge in [0.2, 0.25) is 16.9 Å². The van der Waals surface area contributed by atoms with Crippen LogP contribution in [0.3, 0.4) is 0 Å². The number of amides is 2. The van der Waals surface area contributed by atoms with Crippen LogP contribution in [0.2, 0.25) is 0 Å². The first-order valence-electron chi connectivity index (χ1n) is 7.93. The number of hydrogen-bond acceptors (Lipinski definition) is 8. The van der Waals surface area contributed by atoms with Crippen molar-refractivity contribution >= 4 is 34.3 Å². The van der Waals surface area contributed by atoms with Gasteiger partial charge in [0.15, 0.2) is 5.78 Å². The van der Waals surface area contributed by atoms with Gasteiger partial charge in [0, 0.05) is 18.0 Å². The maximum absolute atomic E-state index is 12.4. The van der Waals surface area contributed by atoms with Crippen LogP contribution >= 0.6 is 11.5 Å². The van der Waals surface area contributed by atoms with Crippen molar-refractivity contribution in [2.24, 2.45) is 29.2 Å². The zero-order chi connectivity index (χ0) is 19.1. The Hall–Kier alpha value is -2.07. The molecule has 10 heteroatoms. The van der Waals surface area contributed by atoms with Gasteiger partial charge < -0.3 is 21.5 Å². The monoisotopic (exact) mass is 371 g/mol. The molecule has 2 amide bonds. The quantitative estimate of drug-likeness (QED) is 0.508. The Labute approximate surface area is 150 Å². The summed E-state index contributed by atoms with van der Waals surface area (Å²) in [6.45, 7) is 5.26. The number of methoxy groups -OCH3 is 1. The summed E-state index contributed by atoms with van der Waals surface area (Å²) in [6, 6.07) is -0.665. The molecule has 0 aromatic carbocycles. The summed E-state index contributed by atoms with van der Waals surface area (Å²) in [7, 11) is 1.43. The number of aromatic nitrogens is 2. The molecule has 1 heterocycles. The predicted molar refractivity (Wildman–Crippen MR) is 94.0 cm³/mol. The number of nitrogens with one attached hydrogen (secondary N) is 1. The molecule has 0 aliphatic heterocycles. The van der Waals surface area contributed by atoms with E-state index in [0.717, 1.165) is 11.5 Å². The summed E-state index contributed by atoms with van der Waals surface area (Å²) >= 11 is 1.01. The number of hydrogen-bond donors (Lipinski definition) is 3. The molecule has 0 aliphatic carbocycles. The van der Waals surface area contributed by atoms with Crippen molar-refractivity contribution < 1.29 is 19.1 Å². The molecule has 1 aromatic heterocycles. The lowest BCUT2D eigenvalue weighted by atomic mass is 9.82. The maximum atomic E-state index is 12.4. The van der Waals surface area contributed by atoms with Crippen LogP contribution in [0.4, 0.5) is 5.13 Å². The molecule has 0 fully saturated rings. The van der Waals surface area contributed by atoms with Crippen LogP contribution in [-0.2, 0) is 14.4 Å². The molecule has 0 saturated heterocycles. The first-order chi connectivity index (χ1) is 11.7. The van der Waals surface area contributed by atoms with E-state index in [2.05, 4.69) is 14.7 Å². The molecule has 3 atom stereocenters. The molecule has 0 saturated carbocycles. The average molecular weight is 371 g/mol. The van der Waals surface area contributed by atoms with E-state index in [9.17, 15) is 14.4 Å². The highest BCUT2D eigenvalue weighted by Gasteiger charge is 2.33. The number of carbonyl (C=O) groups is 3. The molecule has 25 heavy (non-hydrogen) atoms. The molecule has 1 unspecified atom stereocenters. The Balaban J connectivity index is 2.54. The van der Waals surface area contributed by atoms with Gasteiger partial charge in [0.1, 0.15) is 5.92 Å². The minimum atomic E-state index is -0.917. The van der Waals surface area contributed by atoms with Crippen molar-refractivity contribution in [3.8, 4) is 6.01 Å². The van der Waals surface area contributed by atoms with Gasteiger partial charge in [-0.25, -0.2) is 0 Å². The number of rotatable bonds is 10. The summed E-state index contributed by atoms with van der Waals surface area (Å²) in [5.74, 6) is -2.74. The maximum Gasteiger partial charge on any atom is 0.329 e. The SMILES string of the molecule is COc1nsc(NC(=O)CC[C@H](C)[C@H](N)C(=O)C(C(N)=O)C(C)C)n1. The van der Waals surface area contributed by atoms with E-state index < -0.39 is 17.9 Å². The van der Waals surface area contributed by atoms with Crippen molar-refractivity contribution in [3.05, 3.63) is 0 Å². The van der Waals surface area contributed by atoms with Gasteiger partial charge in [-0.2, -0.15) is 4.98 Å². The van der Waals surface area contributed by atoms with E-state index in [1.54, 1.807) is 20.8 Å². The molecule has 0 bridgehead atoms. The van der Waals surface area contributed by atoms with Gasteiger partial charge in [-0.05, 0) is 18.3 Å². The Morgan fingerprint density at radius 1 is 1.28 bits per heavy atom. The largest absolute Gasteiger partial charge is 0.466 e. The molecule has 1 rings (SSSR count).